The zero-order valence-electron chi connectivity index (χ0n) is 14.8. The van der Waals surface area contributed by atoms with E-state index in [9.17, 15) is 5.11 Å². The lowest BCUT2D eigenvalue weighted by molar-refractivity contribution is 0.131. The molecule has 0 radical (unpaired) electrons. The molecule has 0 aliphatic carbocycles. The van der Waals surface area contributed by atoms with Crippen molar-refractivity contribution >= 4 is 21.9 Å². The summed E-state index contributed by atoms with van der Waals surface area (Å²) >= 11 is 3.41. The van der Waals surface area contributed by atoms with Crippen molar-refractivity contribution in [3.8, 4) is 5.75 Å². The van der Waals surface area contributed by atoms with Crippen LogP contribution < -0.4 is 15.4 Å². The molecule has 0 bridgehead atoms. The molecule has 140 valence electrons. The molecule has 1 fully saturated rings. The van der Waals surface area contributed by atoms with Crippen molar-refractivity contribution in [1.29, 1.82) is 0 Å². The monoisotopic (exact) mass is 413 g/mol. The fourth-order valence-corrected chi connectivity index (χ4v) is 3.01. The summed E-state index contributed by atoms with van der Waals surface area (Å²) in [5.74, 6) is 1.61. The summed E-state index contributed by atoms with van der Waals surface area (Å²) in [5.41, 5.74) is -0.0367. The lowest BCUT2D eigenvalue weighted by Gasteiger charge is -2.24. The van der Waals surface area contributed by atoms with Crippen LogP contribution in [0.15, 0.2) is 33.7 Å². The highest BCUT2D eigenvalue weighted by atomic mass is 79.9. The minimum Gasteiger partial charge on any atom is -0.492 e. The molecule has 1 aliphatic heterocycles. The van der Waals surface area contributed by atoms with E-state index in [4.69, 9.17) is 9.47 Å². The second kappa shape index (κ2) is 10.6. The molecule has 3 N–H and O–H groups in total. The minimum absolute atomic E-state index is 0.0367. The summed E-state index contributed by atoms with van der Waals surface area (Å²) in [6.45, 7) is 6.28. The molecule has 2 rings (SSSR count). The molecule has 1 unspecified atom stereocenters. The Labute approximate surface area is 158 Å². The molecule has 1 aliphatic rings. The molecular weight excluding hydrogens is 386 g/mol. The summed E-state index contributed by atoms with van der Waals surface area (Å²) in [6, 6.07) is 7.78. The van der Waals surface area contributed by atoms with Crippen LogP contribution in [0.3, 0.4) is 0 Å². The molecule has 1 atom stereocenters. The topological polar surface area (TPSA) is 75.1 Å². The van der Waals surface area contributed by atoms with Gasteiger partial charge in [0, 0.05) is 29.6 Å². The summed E-state index contributed by atoms with van der Waals surface area (Å²) in [6.07, 6.45) is 1.67. The van der Waals surface area contributed by atoms with Gasteiger partial charge in [0.15, 0.2) is 5.96 Å². The number of hydrogen-bond acceptors (Lipinski definition) is 4. The van der Waals surface area contributed by atoms with Crippen LogP contribution in [0.2, 0.25) is 0 Å². The molecule has 0 aromatic heterocycles. The summed E-state index contributed by atoms with van der Waals surface area (Å²) in [7, 11) is 0. The Bertz CT molecular complexity index is 531. The van der Waals surface area contributed by atoms with Gasteiger partial charge < -0.3 is 25.2 Å². The highest BCUT2D eigenvalue weighted by Crippen LogP contribution is 2.32. The molecular formula is C18H28BrN3O3. The SMILES string of the molecule is CCNC(=NCC1(CCO)CCOC1)NCCOc1ccc(Br)cc1. The van der Waals surface area contributed by atoms with Crippen LogP contribution in [0.4, 0.5) is 0 Å². The Kier molecular flexibility index (Phi) is 8.51. The van der Waals surface area contributed by atoms with E-state index in [0.29, 0.717) is 26.3 Å². The lowest BCUT2D eigenvalue weighted by atomic mass is 9.84. The molecule has 1 aromatic rings. The lowest BCUT2D eigenvalue weighted by Crippen LogP contribution is -2.40. The Balaban J connectivity index is 1.79. The molecule has 25 heavy (non-hydrogen) atoms. The summed E-state index contributed by atoms with van der Waals surface area (Å²) in [4.78, 5) is 4.68. The normalized spacial score (nSPS) is 20.5. The summed E-state index contributed by atoms with van der Waals surface area (Å²) < 4.78 is 12.3. The molecule has 7 heteroatoms. The highest BCUT2D eigenvalue weighted by Gasteiger charge is 2.34. The first-order valence-corrected chi connectivity index (χ1v) is 9.56. The van der Waals surface area contributed by atoms with Crippen LogP contribution in [0.25, 0.3) is 0 Å². The predicted molar refractivity (Wildman–Crippen MR) is 103 cm³/mol. The number of ether oxygens (including phenoxy) is 2. The van der Waals surface area contributed by atoms with Crippen LogP contribution in [-0.4, -0.2) is 57.1 Å². The van der Waals surface area contributed by atoms with E-state index in [1.54, 1.807) is 0 Å². The number of benzene rings is 1. The Morgan fingerprint density at radius 3 is 2.80 bits per heavy atom. The molecule has 0 amide bonds. The minimum atomic E-state index is -0.0367. The van der Waals surface area contributed by atoms with E-state index in [2.05, 4.69) is 31.6 Å². The number of nitrogens with zero attached hydrogens (tertiary/aromatic N) is 1. The van der Waals surface area contributed by atoms with Crippen LogP contribution in [0.1, 0.15) is 19.8 Å². The molecule has 0 spiro atoms. The van der Waals surface area contributed by atoms with Gasteiger partial charge in [0.1, 0.15) is 12.4 Å². The van der Waals surface area contributed by atoms with Crippen LogP contribution in [0.5, 0.6) is 5.75 Å². The Hall–Kier alpha value is -1.31. The first-order chi connectivity index (χ1) is 12.2. The van der Waals surface area contributed by atoms with E-state index in [1.165, 1.54) is 0 Å². The largest absolute Gasteiger partial charge is 0.492 e. The molecule has 1 saturated heterocycles. The number of aliphatic hydroxyl groups excluding tert-OH is 1. The first-order valence-electron chi connectivity index (χ1n) is 8.76. The molecule has 1 heterocycles. The van der Waals surface area contributed by atoms with Gasteiger partial charge in [0.2, 0.25) is 0 Å². The van der Waals surface area contributed by atoms with E-state index in [1.807, 2.05) is 31.2 Å². The van der Waals surface area contributed by atoms with E-state index in [0.717, 1.165) is 42.2 Å². The molecule has 1 aromatic carbocycles. The van der Waals surface area contributed by atoms with Crippen molar-refractivity contribution in [2.75, 3.05) is 46.1 Å². The van der Waals surface area contributed by atoms with Gasteiger partial charge in [-0.25, -0.2) is 0 Å². The van der Waals surface area contributed by atoms with Crippen LogP contribution >= 0.6 is 15.9 Å². The van der Waals surface area contributed by atoms with E-state index < -0.39 is 0 Å². The first kappa shape index (κ1) is 20.0. The molecule has 6 nitrogen and oxygen atoms in total. The standard InChI is InChI=1S/C18H28BrN3O3/c1-2-20-17(22-13-18(7-10-23)8-11-24-14-18)21-9-12-25-16-5-3-15(19)4-6-16/h3-6,23H,2,7-14H2,1H3,(H2,20,21,22). The number of nitrogens with one attached hydrogen (secondary N) is 2. The third-order valence-corrected chi connectivity index (χ3v) is 4.75. The number of hydrogen-bond donors (Lipinski definition) is 3. The maximum Gasteiger partial charge on any atom is 0.191 e. The van der Waals surface area contributed by atoms with Gasteiger partial charge in [-0.2, -0.15) is 0 Å². The predicted octanol–water partition coefficient (Wildman–Crippen LogP) is 2.17. The van der Waals surface area contributed by atoms with Crippen molar-refractivity contribution in [2.45, 2.75) is 19.8 Å². The highest BCUT2D eigenvalue weighted by molar-refractivity contribution is 9.10. The second-order valence-electron chi connectivity index (χ2n) is 6.20. The zero-order chi connectivity index (χ0) is 18.0. The summed E-state index contributed by atoms with van der Waals surface area (Å²) in [5, 5.41) is 15.8. The molecule has 0 saturated carbocycles. The quantitative estimate of drug-likeness (QED) is 0.328. The number of rotatable bonds is 9. The fourth-order valence-electron chi connectivity index (χ4n) is 2.75. The van der Waals surface area contributed by atoms with Gasteiger partial charge in [-0.3, -0.25) is 4.99 Å². The number of guanidine groups is 1. The van der Waals surface area contributed by atoms with Gasteiger partial charge in [0.25, 0.3) is 0 Å². The fraction of sp³-hybridized carbons (Fsp3) is 0.611. The van der Waals surface area contributed by atoms with Crippen molar-refractivity contribution in [3.63, 3.8) is 0 Å². The van der Waals surface area contributed by atoms with Gasteiger partial charge in [0.05, 0.1) is 19.7 Å². The maximum absolute atomic E-state index is 9.30. The van der Waals surface area contributed by atoms with Crippen molar-refractivity contribution in [1.82, 2.24) is 10.6 Å². The average molecular weight is 414 g/mol. The van der Waals surface area contributed by atoms with Crippen molar-refractivity contribution in [2.24, 2.45) is 10.4 Å². The van der Waals surface area contributed by atoms with Gasteiger partial charge >= 0.3 is 0 Å². The van der Waals surface area contributed by atoms with Gasteiger partial charge in [-0.1, -0.05) is 15.9 Å². The third-order valence-electron chi connectivity index (χ3n) is 4.22. The van der Waals surface area contributed by atoms with E-state index >= 15 is 0 Å². The van der Waals surface area contributed by atoms with E-state index in [-0.39, 0.29) is 12.0 Å². The van der Waals surface area contributed by atoms with Crippen LogP contribution in [0, 0.1) is 5.41 Å². The number of aliphatic hydroxyl groups is 1. The smallest absolute Gasteiger partial charge is 0.191 e. The van der Waals surface area contributed by atoms with Crippen LogP contribution in [-0.2, 0) is 4.74 Å². The van der Waals surface area contributed by atoms with Crippen molar-refractivity contribution < 1.29 is 14.6 Å². The average Bonchev–Trinajstić information content (AvgIpc) is 3.07. The van der Waals surface area contributed by atoms with Crippen molar-refractivity contribution in [3.05, 3.63) is 28.7 Å². The number of halogens is 1. The van der Waals surface area contributed by atoms with Gasteiger partial charge in [-0.15, -0.1) is 0 Å². The Morgan fingerprint density at radius 2 is 2.16 bits per heavy atom. The third kappa shape index (κ3) is 6.84. The second-order valence-corrected chi connectivity index (χ2v) is 7.12. The maximum atomic E-state index is 9.30. The number of aliphatic imine (C=N–C) groups is 1. The van der Waals surface area contributed by atoms with Gasteiger partial charge in [-0.05, 0) is 44.0 Å². The Morgan fingerprint density at radius 1 is 1.36 bits per heavy atom. The zero-order valence-corrected chi connectivity index (χ0v) is 16.3.